The summed E-state index contributed by atoms with van der Waals surface area (Å²) < 4.78 is 10.4. The number of nitrogens with one attached hydrogen (secondary N) is 2. The number of ether oxygens (including phenoxy) is 2. The summed E-state index contributed by atoms with van der Waals surface area (Å²) in [5.41, 5.74) is 0.915. The SMILES string of the molecule is O=C1NC(=O)/C(=C/c2ccc3cc2OCO3)N1. The first-order valence-electron chi connectivity index (χ1n) is 4.96. The first kappa shape index (κ1) is 9.71. The Bertz CT molecular complexity index is 550. The molecule has 1 fully saturated rings. The second-order valence-corrected chi connectivity index (χ2v) is 3.57. The Morgan fingerprint density at radius 3 is 2.82 bits per heavy atom. The number of carbonyl (C=O) groups is 2. The fraction of sp³-hybridized carbons (Fsp3) is 0.0909. The van der Waals surface area contributed by atoms with Crippen molar-refractivity contribution >= 4 is 18.0 Å². The molecule has 0 radical (unpaired) electrons. The number of rotatable bonds is 1. The average molecular weight is 232 g/mol. The van der Waals surface area contributed by atoms with Gasteiger partial charge in [0.25, 0.3) is 5.91 Å². The highest BCUT2D eigenvalue weighted by Crippen LogP contribution is 2.29. The van der Waals surface area contributed by atoms with E-state index in [9.17, 15) is 9.59 Å². The number of hydrogen-bond donors (Lipinski definition) is 2. The smallest absolute Gasteiger partial charge is 0.326 e. The van der Waals surface area contributed by atoms with Crippen LogP contribution in [-0.4, -0.2) is 18.7 Å². The average Bonchev–Trinajstić information content (AvgIpc) is 2.62. The van der Waals surface area contributed by atoms with Crippen LogP contribution in [0.4, 0.5) is 4.79 Å². The van der Waals surface area contributed by atoms with E-state index in [2.05, 4.69) is 10.6 Å². The summed E-state index contributed by atoms with van der Waals surface area (Å²) in [6.45, 7) is 0.150. The predicted molar refractivity (Wildman–Crippen MR) is 57.2 cm³/mol. The van der Waals surface area contributed by atoms with Crippen LogP contribution in [0.15, 0.2) is 23.9 Å². The molecule has 0 aromatic heterocycles. The van der Waals surface area contributed by atoms with Crippen LogP contribution in [0.5, 0.6) is 11.5 Å². The molecule has 86 valence electrons. The number of fused-ring (bicyclic) bond motifs is 2. The first-order chi connectivity index (χ1) is 8.22. The lowest BCUT2D eigenvalue weighted by atomic mass is 10.1. The molecule has 17 heavy (non-hydrogen) atoms. The molecule has 2 N–H and O–H groups in total. The molecule has 6 heteroatoms. The zero-order valence-corrected chi connectivity index (χ0v) is 8.65. The van der Waals surface area contributed by atoms with Crippen molar-refractivity contribution in [1.82, 2.24) is 10.6 Å². The van der Waals surface area contributed by atoms with Crippen molar-refractivity contribution in [2.45, 2.75) is 0 Å². The molecule has 0 saturated carbocycles. The van der Waals surface area contributed by atoms with Crippen LogP contribution >= 0.6 is 0 Å². The van der Waals surface area contributed by atoms with E-state index in [0.717, 1.165) is 0 Å². The van der Waals surface area contributed by atoms with Crippen LogP contribution in [0.2, 0.25) is 0 Å². The Labute approximate surface area is 96.2 Å². The third-order valence-corrected chi connectivity index (χ3v) is 2.44. The van der Waals surface area contributed by atoms with Gasteiger partial charge in [-0.1, -0.05) is 0 Å². The maximum atomic E-state index is 11.3. The second-order valence-electron chi connectivity index (χ2n) is 3.57. The maximum Gasteiger partial charge on any atom is 0.326 e. The van der Waals surface area contributed by atoms with Crippen LogP contribution in [0.3, 0.4) is 0 Å². The Hall–Kier alpha value is -2.50. The number of benzene rings is 1. The van der Waals surface area contributed by atoms with E-state index in [-0.39, 0.29) is 12.5 Å². The summed E-state index contributed by atoms with van der Waals surface area (Å²) in [5, 5.41) is 4.54. The lowest BCUT2D eigenvalue weighted by Gasteiger charge is -2.17. The van der Waals surface area contributed by atoms with Gasteiger partial charge in [-0.25, -0.2) is 4.79 Å². The highest BCUT2D eigenvalue weighted by molar-refractivity contribution is 6.14. The summed E-state index contributed by atoms with van der Waals surface area (Å²) in [5.74, 6) is 0.891. The summed E-state index contributed by atoms with van der Waals surface area (Å²) in [7, 11) is 0. The molecule has 6 nitrogen and oxygen atoms in total. The van der Waals surface area contributed by atoms with Crippen LogP contribution in [-0.2, 0) is 4.79 Å². The summed E-state index contributed by atoms with van der Waals surface area (Å²) in [6, 6.07) is 4.74. The summed E-state index contributed by atoms with van der Waals surface area (Å²) in [4.78, 5) is 22.3. The summed E-state index contributed by atoms with van der Waals surface area (Å²) >= 11 is 0. The van der Waals surface area contributed by atoms with Crippen LogP contribution in [0, 0.1) is 0 Å². The Kier molecular flexibility index (Phi) is 2.01. The van der Waals surface area contributed by atoms with Gasteiger partial charge >= 0.3 is 6.03 Å². The molecular formula is C11H8N2O4. The Balaban J connectivity index is 1.98. The molecule has 3 rings (SSSR count). The van der Waals surface area contributed by atoms with Crippen molar-refractivity contribution in [3.05, 3.63) is 29.5 Å². The van der Waals surface area contributed by atoms with Crippen molar-refractivity contribution in [3.8, 4) is 11.5 Å². The molecule has 3 amide bonds. The minimum absolute atomic E-state index is 0.150. The molecule has 1 saturated heterocycles. The fourth-order valence-electron chi connectivity index (χ4n) is 1.65. The minimum atomic E-state index is -0.518. The maximum absolute atomic E-state index is 11.3. The largest absolute Gasteiger partial charge is 0.457 e. The monoisotopic (exact) mass is 232 g/mol. The molecule has 2 bridgehead atoms. The number of imide groups is 1. The van der Waals surface area contributed by atoms with E-state index >= 15 is 0 Å². The number of amides is 3. The lowest BCUT2D eigenvalue weighted by molar-refractivity contribution is -0.115. The van der Waals surface area contributed by atoms with Gasteiger partial charge in [0.2, 0.25) is 6.79 Å². The molecule has 0 unspecified atom stereocenters. The van der Waals surface area contributed by atoms with E-state index in [1.54, 1.807) is 24.3 Å². The molecule has 0 atom stereocenters. The zero-order chi connectivity index (χ0) is 11.8. The van der Waals surface area contributed by atoms with E-state index in [1.165, 1.54) is 0 Å². The van der Waals surface area contributed by atoms with E-state index in [0.29, 0.717) is 17.1 Å². The van der Waals surface area contributed by atoms with E-state index < -0.39 is 11.9 Å². The molecule has 0 aliphatic carbocycles. The minimum Gasteiger partial charge on any atom is -0.457 e. The number of carbonyl (C=O) groups excluding carboxylic acids is 2. The Morgan fingerprint density at radius 2 is 2.06 bits per heavy atom. The quantitative estimate of drug-likeness (QED) is 0.549. The lowest BCUT2D eigenvalue weighted by Crippen LogP contribution is -2.22. The van der Waals surface area contributed by atoms with Crippen LogP contribution in [0.25, 0.3) is 6.08 Å². The van der Waals surface area contributed by atoms with Crippen LogP contribution in [0.1, 0.15) is 5.56 Å². The van der Waals surface area contributed by atoms with Crippen molar-refractivity contribution < 1.29 is 19.1 Å². The molecular weight excluding hydrogens is 224 g/mol. The molecule has 1 aromatic carbocycles. The van der Waals surface area contributed by atoms with Gasteiger partial charge in [-0.05, 0) is 18.2 Å². The van der Waals surface area contributed by atoms with Crippen molar-refractivity contribution in [1.29, 1.82) is 0 Å². The third kappa shape index (κ3) is 1.69. The van der Waals surface area contributed by atoms with E-state index in [1.807, 2.05) is 0 Å². The zero-order valence-electron chi connectivity index (χ0n) is 8.65. The molecule has 2 aliphatic rings. The second kappa shape index (κ2) is 3.51. The normalized spacial score (nSPS) is 19.4. The van der Waals surface area contributed by atoms with Gasteiger partial charge in [-0.15, -0.1) is 0 Å². The van der Waals surface area contributed by atoms with Gasteiger partial charge in [-0.3, -0.25) is 10.1 Å². The first-order valence-corrected chi connectivity index (χ1v) is 4.96. The third-order valence-electron chi connectivity index (χ3n) is 2.44. The van der Waals surface area contributed by atoms with Gasteiger partial charge < -0.3 is 14.8 Å². The van der Waals surface area contributed by atoms with Gasteiger partial charge in [0.15, 0.2) is 0 Å². The summed E-state index contributed by atoms with van der Waals surface area (Å²) in [6.07, 6.45) is 1.56. The van der Waals surface area contributed by atoms with Crippen molar-refractivity contribution in [2.75, 3.05) is 6.79 Å². The predicted octanol–water partition coefficient (Wildman–Crippen LogP) is 0.596. The molecule has 1 aromatic rings. The number of hydrogen-bond acceptors (Lipinski definition) is 4. The molecule has 0 spiro atoms. The Morgan fingerprint density at radius 1 is 1.18 bits per heavy atom. The van der Waals surface area contributed by atoms with Gasteiger partial charge in [0, 0.05) is 11.6 Å². The van der Waals surface area contributed by atoms with E-state index in [4.69, 9.17) is 9.47 Å². The van der Waals surface area contributed by atoms with Crippen LogP contribution < -0.4 is 20.1 Å². The topological polar surface area (TPSA) is 76.7 Å². The van der Waals surface area contributed by atoms with Gasteiger partial charge in [0.1, 0.15) is 17.2 Å². The molecule has 2 heterocycles. The van der Waals surface area contributed by atoms with Crippen molar-refractivity contribution in [2.24, 2.45) is 0 Å². The highest BCUT2D eigenvalue weighted by Gasteiger charge is 2.23. The highest BCUT2D eigenvalue weighted by atomic mass is 16.7. The molecule has 2 aliphatic heterocycles. The fourth-order valence-corrected chi connectivity index (χ4v) is 1.65. The standard InChI is InChI=1S/C11H8N2O4/c14-10-8(12-11(15)13-10)3-6-1-2-7-4-9(6)17-5-16-7/h1-4H,5H2,(H2,12,13,14,15)/b8-3-. The van der Waals surface area contributed by atoms with Gasteiger partial charge in [-0.2, -0.15) is 0 Å². The van der Waals surface area contributed by atoms with Gasteiger partial charge in [0.05, 0.1) is 0 Å². The number of urea groups is 1. The van der Waals surface area contributed by atoms with Crippen molar-refractivity contribution in [3.63, 3.8) is 0 Å².